The van der Waals surface area contributed by atoms with Crippen molar-refractivity contribution in [1.29, 1.82) is 0 Å². The Morgan fingerprint density at radius 1 is 1.00 bits per heavy atom. The minimum atomic E-state index is 0.455. The quantitative estimate of drug-likeness (QED) is 0.546. The van der Waals surface area contributed by atoms with E-state index in [0.717, 1.165) is 24.2 Å². The van der Waals surface area contributed by atoms with Gasteiger partial charge in [-0.2, -0.15) is 0 Å². The van der Waals surface area contributed by atoms with Crippen molar-refractivity contribution < 1.29 is 0 Å². The molecule has 1 aliphatic rings. The van der Waals surface area contributed by atoms with Gasteiger partial charge in [0.25, 0.3) is 0 Å². The number of anilines is 1. The van der Waals surface area contributed by atoms with Crippen LogP contribution in [0.1, 0.15) is 11.1 Å². The predicted octanol–water partition coefficient (Wildman–Crippen LogP) is 4.67. The van der Waals surface area contributed by atoms with E-state index in [-0.39, 0.29) is 0 Å². The van der Waals surface area contributed by atoms with Crippen molar-refractivity contribution in [2.75, 3.05) is 11.9 Å². The van der Waals surface area contributed by atoms with Gasteiger partial charge in [0.15, 0.2) is 0 Å². The number of guanidine groups is 1. The molecular formula is C20H18ClN3. The molecule has 0 radical (unpaired) electrons. The SMILES string of the molecule is CN(C(N)=Nc1ccc(Cl)cc1)c1ccc2c3c(cccc13)CC2. The average molecular weight is 336 g/mol. The molecule has 3 aromatic carbocycles. The lowest BCUT2D eigenvalue weighted by Crippen LogP contribution is -2.33. The van der Waals surface area contributed by atoms with Crippen LogP contribution in [-0.4, -0.2) is 13.0 Å². The molecule has 1 aliphatic carbocycles. The van der Waals surface area contributed by atoms with E-state index in [9.17, 15) is 0 Å². The maximum atomic E-state index is 6.25. The molecular weight excluding hydrogens is 318 g/mol. The molecule has 0 fully saturated rings. The van der Waals surface area contributed by atoms with E-state index in [1.165, 1.54) is 21.9 Å². The largest absolute Gasteiger partial charge is 0.369 e. The monoisotopic (exact) mass is 335 g/mol. The number of rotatable bonds is 2. The summed E-state index contributed by atoms with van der Waals surface area (Å²) in [6.45, 7) is 0. The Morgan fingerprint density at radius 2 is 1.71 bits per heavy atom. The molecule has 4 heteroatoms. The van der Waals surface area contributed by atoms with Gasteiger partial charge in [0.05, 0.1) is 11.4 Å². The number of aliphatic imine (C=N–C) groups is 1. The maximum absolute atomic E-state index is 6.25. The fourth-order valence-electron chi connectivity index (χ4n) is 3.37. The molecule has 0 atom stereocenters. The van der Waals surface area contributed by atoms with E-state index in [1.54, 1.807) is 0 Å². The first kappa shape index (κ1) is 15.0. The summed E-state index contributed by atoms with van der Waals surface area (Å²) in [4.78, 5) is 6.45. The second-order valence-electron chi connectivity index (χ2n) is 6.09. The first-order valence-corrected chi connectivity index (χ1v) is 8.38. The van der Waals surface area contributed by atoms with Gasteiger partial charge in [-0.05, 0) is 59.7 Å². The predicted molar refractivity (Wildman–Crippen MR) is 102 cm³/mol. The van der Waals surface area contributed by atoms with Crippen LogP contribution in [0.3, 0.4) is 0 Å². The van der Waals surface area contributed by atoms with Gasteiger partial charge in [-0.25, -0.2) is 4.99 Å². The molecule has 0 spiro atoms. The molecule has 0 saturated heterocycles. The number of nitrogens with zero attached hydrogens (tertiary/aromatic N) is 2. The van der Waals surface area contributed by atoms with Crippen LogP contribution in [0.4, 0.5) is 11.4 Å². The van der Waals surface area contributed by atoms with Gasteiger partial charge in [0.1, 0.15) is 0 Å². The zero-order valence-electron chi connectivity index (χ0n) is 13.5. The van der Waals surface area contributed by atoms with E-state index in [4.69, 9.17) is 17.3 Å². The highest BCUT2D eigenvalue weighted by atomic mass is 35.5. The summed E-state index contributed by atoms with van der Waals surface area (Å²) >= 11 is 5.92. The van der Waals surface area contributed by atoms with Gasteiger partial charge in [0.2, 0.25) is 5.96 Å². The van der Waals surface area contributed by atoms with Crippen molar-refractivity contribution >= 4 is 39.7 Å². The zero-order chi connectivity index (χ0) is 16.7. The van der Waals surface area contributed by atoms with Crippen molar-refractivity contribution in [3.05, 3.63) is 70.7 Å². The molecule has 24 heavy (non-hydrogen) atoms. The van der Waals surface area contributed by atoms with Gasteiger partial charge in [-0.3, -0.25) is 0 Å². The standard InChI is InChI=1S/C20H18ClN3/c1-24(20(22)23-16-10-8-15(21)9-11-16)18-12-7-14-6-5-13-3-2-4-17(18)19(13)14/h2-4,7-12H,5-6H2,1H3,(H2,22,23). The Kier molecular flexibility index (Phi) is 3.66. The Labute approximate surface area is 146 Å². The van der Waals surface area contributed by atoms with Crippen molar-refractivity contribution in [1.82, 2.24) is 0 Å². The Bertz CT molecular complexity index is 935. The van der Waals surface area contributed by atoms with E-state index >= 15 is 0 Å². The summed E-state index contributed by atoms with van der Waals surface area (Å²) in [7, 11) is 1.95. The summed E-state index contributed by atoms with van der Waals surface area (Å²) in [6, 6.07) is 18.2. The summed E-state index contributed by atoms with van der Waals surface area (Å²) in [5.74, 6) is 0.455. The second-order valence-corrected chi connectivity index (χ2v) is 6.53. The molecule has 0 aromatic heterocycles. The lowest BCUT2D eigenvalue weighted by atomic mass is 10.0. The number of halogens is 1. The highest BCUT2D eigenvalue weighted by molar-refractivity contribution is 6.30. The Morgan fingerprint density at radius 3 is 2.46 bits per heavy atom. The second kappa shape index (κ2) is 5.84. The van der Waals surface area contributed by atoms with Gasteiger partial charge in [-0.15, -0.1) is 0 Å². The van der Waals surface area contributed by atoms with Crippen LogP contribution in [0.25, 0.3) is 10.8 Å². The number of aryl methyl sites for hydroxylation is 2. The first-order valence-electron chi connectivity index (χ1n) is 8.00. The van der Waals surface area contributed by atoms with E-state index < -0.39 is 0 Å². The lowest BCUT2D eigenvalue weighted by molar-refractivity contribution is 1.02. The van der Waals surface area contributed by atoms with Crippen LogP contribution < -0.4 is 10.6 Å². The van der Waals surface area contributed by atoms with E-state index in [2.05, 4.69) is 35.3 Å². The zero-order valence-corrected chi connectivity index (χ0v) is 14.2. The molecule has 0 heterocycles. The molecule has 120 valence electrons. The highest BCUT2D eigenvalue weighted by Gasteiger charge is 2.18. The van der Waals surface area contributed by atoms with Crippen LogP contribution in [-0.2, 0) is 12.8 Å². The Hall–Kier alpha value is -2.52. The van der Waals surface area contributed by atoms with Crippen molar-refractivity contribution in [3.63, 3.8) is 0 Å². The number of hydrogen-bond acceptors (Lipinski definition) is 1. The fourth-order valence-corrected chi connectivity index (χ4v) is 3.50. The summed E-state index contributed by atoms with van der Waals surface area (Å²) in [5, 5.41) is 3.30. The minimum Gasteiger partial charge on any atom is -0.369 e. The highest BCUT2D eigenvalue weighted by Crippen LogP contribution is 2.36. The van der Waals surface area contributed by atoms with Gasteiger partial charge < -0.3 is 10.6 Å². The summed E-state index contributed by atoms with van der Waals surface area (Å²) in [6.07, 6.45) is 2.24. The number of hydrogen-bond donors (Lipinski definition) is 1. The molecule has 0 saturated carbocycles. The smallest absolute Gasteiger partial charge is 0.200 e. The van der Waals surface area contributed by atoms with E-state index in [1.807, 2.05) is 36.2 Å². The normalized spacial score (nSPS) is 13.5. The Balaban J connectivity index is 1.76. The molecule has 3 aromatic rings. The molecule has 2 N–H and O–H groups in total. The van der Waals surface area contributed by atoms with Gasteiger partial charge in [-0.1, -0.05) is 35.9 Å². The third kappa shape index (κ3) is 2.51. The minimum absolute atomic E-state index is 0.455. The van der Waals surface area contributed by atoms with Crippen LogP contribution >= 0.6 is 11.6 Å². The van der Waals surface area contributed by atoms with Crippen molar-refractivity contribution in [3.8, 4) is 0 Å². The lowest BCUT2D eigenvalue weighted by Gasteiger charge is -2.21. The topological polar surface area (TPSA) is 41.6 Å². The molecule has 0 bridgehead atoms. The maximum Gasteiger partial charge on any atom is 0.200 e. The third-order valence-corrected chi connectivity index (χ3v) is 4.88. The summed E-state index contributed by atoms with van der Waals surface area (Å²) < 4.78 is 0. The number of nitrogens with two attached hydrogens (primary N) is 1. The molecule has 0 aliphatic heterocycles. The molecule has 0 unspecified atom stereocenters. The fraction of sp³-hybridized carbons (Fsp3) is 0.150. The molecule has 4 rings (SSSR count). The van der Waals surface area contributed by atoms with E-state index in [0.29, 0.717) is 11.0 Å². The summed E-state index contributed by atoms with van der Waals surface area (Å²) in [5.41, 5.74) is 11.0. The third-order valence-electron chi connectivity index (χ3n) is 4.63. The average Bonchev–Trinajstić information content (AvgIpc) is 3.02. The van der Waals surface area contributed by atoms with Crippen LogP contribution in [0, 0.1) is 0 Å². The van der Waals surface area contributed by atoms with Crippen LogP contribution in [0.2, 0.25) is 5.02 Å². The van der Waals surface area contributed by atoms with Crippen LogP contribution in [0.15, 0.2) is 59.6 Å². The number of benzene rings is 3. The molecule has 3 nitrogen and oxygen atoms in total. The van der Waals surface area contributed by atoms with Crippen molar-refractivity contribution in [2.24, 2.45) is 10.7 Å². The van der Waals surface area contributed by atoms with Crippen LogP contribution in [0.5, 0.6) is 0 Å². The first-order chi connectivity index (χ1) is 11.6. The van der Waals surface area contributed by atoms with Gasteiger partial charge >= 0.3 is 0 Å². The molecule has 0 amide bonds. The van der Waals surface area contributed by atoms with Gasteiger partial charge in [0, 0.05) is 17.5 Å². The van der Waals surface area contributed by atoms with Crippen molar-refractivity contribution in [2.45, 2.75) is 12.8 Å².